The second-order valence-electron chi connectivity index (χ2n) is 6.60. The SMILES string of the molecule is Cc1nn(C)c(C)c1CC(=O)N[C@H](c1ccc(F)cc1)[C@@H]1CCCO1. The van der Waals surface area contributed by atoms with Gasteiger partial charge in [0.15, 0.2) is 0 Å². The Balaban J connectivity index is 1.77. The number of carbonyl (C=O) groups excluding carboxylic acids is 1. The van der Waals surface area contributed by atoms with Gasteiger partial charge < -0.3 is 10.1 Å². The highest BCUT2D eigenvalue weighted by Crippen LogP contribution is 2.27. The highest BCUT2D eigenvalue weighted by molar-refractivity contribution is 5.79. The third-order valence-electron chi connectivity index (χ3n) is 4.88. The number of nitrogens with zero attached hydrogens (tertiary/aromatic N) is 2. The van der Waals surface area contributed by atoms with Gasteiger partial charge in [0.05, 0.1) is 24.3 Å². The molecule has 5 nitrogen and oxygen atoms in total. The predicted molar refractivity (Wildman–Crippen MR) is 92.6 cm³/mol. The van der Waals surface area contributed by atoms with E-state index in [0.717, 1.165) is 35.4 Å². The van der Waals surface area contributed by atoms with Crippen LogP contribution in [-0.2, 0) is 23.0 Å². The molecule has 0 unspecified atom stereocenters. The van der Waals surface area contributed by atoms with Gasteiger partial charge in [-0.1, -0.05) is 12.1 Å². The first-order valence-corrected chi connectivity index (χ1v) is 8.61. The number of hydrogen-bond donors (Lipinski definition) is 1. The molecule has 3 rings (SSSR count). The molecule has 25 heavy (non-hydrogen) atoms. The van der Waals surface area contributed by atoms with E-state index in [1.54, 1.807) is 16.8 Å². The van der Waals surface area contributed by atoms with E-state index < -0.39 is 0 Å². The largest absolute Gasteiger partial charge is 0.376 e. The molecule has 1 aromatic carbocycles. The summed E-state index contributed by atoms with van der Waals surface area (Å²) in [6, 6.07) is 5.98. The zero-order chi connectivity index (χ0) is 18.0. The van der Waals surface area contributed by atoms with Crippen molar-refractivity contribution in [3.63, 3.8) is 0 Å². The van der Waals surface area contributed by atoms with Crippen LogP contribution < -0.4 is 5.32 Å². The lowest BCUT2D eigenvalue weighted by atomic mass is 9.98. The van der Waals surface area contributed by atoms with E-state index in [1.165, 1.54) is 12.1 Å². The Morgan fingerprint density at radius 3 is 2.68 bits per heavy atom. The summed E-state index contributed by atoms with van der Waals surface area (Å²) in [5.74, 6) is -0.369. The van der Waals surface area contributed by atoms with Crippen molar-refractivity contribution < 1.29 is 13.9 Å². The molecule has 134 valence electrons. The van der Waals surface area contributed by atoms with E-state index in [0.29, 0.717) is 6.61 Å². The van der Waals surface area contributed by atoms with Crippen LogP contribution in [0.1, 0.15) is 41.4 Å². The van der Waals surface area contributed by atoms with Gasteiger partial charge in [0.25, 0.3) is 0 Å². The third-order valence-corrected chi connectivity index (χ3v) is 4.88. The van der Waals surface area contributed by atoms with Crippen LogP contribution in [0.2, 0.25) is 0 Å². The molecule has 1 aliphatic heterocycles. The number of aryl methyl sites for hydroxylation is 2. The molecule has 0 bridgehead atoms. The lowest BCUT2D eigenvalue weighted by Gasteiger charge is -2.25. The number of halogens is 1. The average molecular weight is 345 g/mol. The maximum atomic E-state index is 13.2. The molecule has 2 heterocycles. The number of carbonyl (C=O) groups is 1. The normalized spacial score (nSPS) is 18.3. The van der Waals surface area contributed by atoms with Gasteiger partial charge in [-0.05, 0) is 44.4 Å². The minimum absolute atomic E-state index is 0.0782. The summed E-state index contributed by atoms with van der Waals surface area (Å²) in [5.41, 5.74) is 3.67. The second kappa shape index (κ2) is 7.35. The number of nitrogens with one attached hydrogen (secondary N) is 1. The summed E-state index contributed by atoms with van der Waals surface area (Å²) in [5, 5.41) is 7.44. The van der Waals surface area contributed by atoms with Crippen molar-refractivity contribution in [2.45, 2.75) is 45.3 Å². The first-order valence-electron chi connectivity index (χ1n) is 8.61. The monoisotopic (exact) mass is 345 g/mol. The maximum Gasteiger partial charge on any atom is 0.225 e. The molecule has 0 spiro atoms. The molecule has 1 fully saturated rings. The van der Waals surface area contributed by atoms with E-state index in [1.807, 2.05) is 20.9 Å². The molecule has 1 aliphatic rings. The molecule has 1 saturated heterocycles. The van der Waals surface area contributed by atoms with E-state index in [9.17, 15) is 9.18 Å². The molecule has 1 amide bonds. The van der Waals surface area contributed by atoms with Crippen molar-refractivity contribution in [3.8, 4) is 0 Å². The van der Waals surface area contributed by atoms with Gasteiger partial charge in [0.1, 0.15) is 5.82 Å². The van der Waals surface area contributed by atoms with Crippen LogP contribution >= 0.6 is 0 Å². The quantitative estimate of drug-likeness (QED) is 0.907. The molecule has 0 radical (unpaired) electrons. The minimum Gasteiger partial charge on any atom is -0.376 e. The molecule has 2 aromatic rings. The lowest BCUT2D eigenvalue weighted by molar-refractivity contribution is -0.122. The van der Waals surface area contributed by atoms with Crippen LogP contribution in [0, 0.1) is 19.7 Å². The standard InChI is InChI=1S/C19H24FN3O2/c1-12-16(13(2)23(3)22-12)11-18(24)21-19(17-5-4-10-25-17)14-6-8-15(20)9-7-14/h6-9,17,19H,4-5,10-11H2,1-3H3,(H,21,24)/t17-,19+/m0/s1. The summed E-state index contributed by atoms with van der Waals surface area (Å²) in [7, 11) is 1.87. The van der Waals surface area contributed by atoms with E-state index in [4.69, 9.17) is 4.74 Å². The van der Waals surface area contributed by atoms with Gasteiger partial charge in [0.2, 0.25) is 5.91 Å². The predicted octanol–water partition coefficient (Wildman–Crippen LogP) is 2.76. The summed E-state index contributed by atoms with van der Waals surface area (Å²) in [4.78, 5) is 12.7. The fourth-order valence-electron chi connectivity index (χ4n) is 3.38. The lowest BCUT2D eigenvalue weighted by Crippen LogP contribution is -2.37. The summed E-state index contributed by atoms with van der Waals surface area (Å²) in [6.07, 6.45) is 2.05. The Bertz CT molecular complexity index is 749. The van der Waals surface area contributed by atoms with Gasteiger partial charge in [-0.25, -0.2) is 4.39 Å². The molecule has 2 atom stereocenters. The smallest absolute Gasteiger partial charge is 0.225 e. The molecule has 1 N–H and O–H groups in total. The number of rotatable bonds is 5. The highest BCUT2D eigenvalue weighted by Gasteiger charge is 2.29. The van der Waals surface area contributed by atoms with Crippen LogP contribution in [0.25, 0.3) is 0 Å². The molecule has 0 saturated carbocycles. The van der Waals surface area contributed by atoms with Crippen molar-refractivity contribution in [3.05, 3.63) is 52.6 Å². The van der Waals surface area contributed by atoms with Gasteiger partial charge in [-0.15, -0.1) is 0 Å². The number of benzene rings is 1. The van der Waals surface area contributed by atoms with Crippen molar-refractivity contribution in [2.75, 3.05) is 6.61 Å². The second-order valence-corrected chi connectivity index (χ2v) is 6.60. The zero-order valence-electron chi connectivity index (χ0n) is 14.9. The minimum atomic E-state index is -0.289. The highest BCUT2D eigenvalue weighted by atomic mass is 19.1. The van der Waals surface area contributed by atoms with Crippen LogP contribution in [0.3, 0.4) is 0 Å². The summed E-state index contributed by atoms with van der Waals surface area (Å²) in [6.45, 7) is 4.56. The Hall–Kier alpha value is -2.21. The van der Waals surface area contributed by atoms with Crippen LogP contribution in [0.4, 0.5) is 4.39 Å². The van der Waals surface area contributed by atoms with Crippen molar-refractivity contribution in [1.82, 2.24) is 15.1 Å². The van der Waals surface area contributed by atoms with E-state index in [-0.39, 0.29) is 30.3 Å². The fraction of sp³-hybridized carbons (Fsp3) is 0.474. The molecule has 1 aromatic heterocycles. The zero-order valence-corrected chi connectivity index (χ0v) is 14.9. The number of amides is 1. The van der Waals surface area contributed by atoms with Gasteiger partial charge in [-0.3, -0.25) is 9.48 Å². The maximum absolute atomic E-state index is 13.2. The van der Waals surface area contributed by atoms with Crippen molar-refractivity contribution >= 4 is 5.91 Å². The van der Waals surface area contributed by atoms with Gasteiger partial charge in [0, 0.05) is 24.9 Å². The Morgan fingerprint density at radius 2 is 2.12 bits per heavy atom. The van der Waals surface area contributed by atoms with E-state index >= 15 is 0 Å². The van der Waals surface area contributed by atoms with Gasteiger partial charge >= 0.3 is 0 Å². The molecule has 6 heteroatoms. The average Bonchev–Trinajstić information content (AvgIpc) is 3.19. The molecular weight excluding hydrogens is 321 g/mol. The molecule has 0 aliphatic carbocycles. The Labute approximate surface area is 147 Å². The van der Waals surface area contributed by atoms with Gasteiger partial charge in [-0.2, -0.15) is 5.10 Å². The van der Waals surface area contributed by atoms with Crippen molar-refractivity contribution in [1.29, 1.82) is 0 Å². The third kappa shape index (κ3) is 3.90. The summed E-state index contributed by atoms with van der Waals surface area (Å²) >= 11 is 0. The van der Waals surface area contributed by atoms with Crippen LogP contribution in [-0.4, -0.2) is 28.4 Å². The first-order chi connectivity index (χ1) is 12.0. The number of ether oxygens (including phenoxy) is 1. The van der Waals surface area contributed by atoms with E-state index in [2.05, 4.69) is 10.4 Å². The van der Waals surface area contributed by atoms with Crippen molar-refractivity contribution in [2.24, 2.45) is 7.05 Å². The fourth-order valence-corrected chi connectivity index (χ4v) is 3.38. The number of hydrogen-bond acceptors (Lipinski definition) is 3. The first kappa shape index (κ1) is 17.6. The van der Waals surface area contributed by atoms with Crippen LogP contribution in [0.5, 0.6) is 0 Å². The topological polar surface area (TPSA) is 56.2 Å². The molecular formula is C19H24FN3O2. The number of aromatic nitrogens is 2. The Kier molecular flexibility index (Phi) is 5.18. The Morgan fingerprint density at radius 1 is 1.40 bits per heavy atom. The summed E-state index contributed by atoms with van der Waals surface area (Å²) < 4.78 is 20.8. The van der Waals surface area contributed by atoms with Crippen LogP contribution in [0.15, 0.2) is 24.3 Å².